The van der Waals surface area contributed by atoms with E-state index in [1.54, 1.807) is 12.1 Å². The second-order valence-electron chi connectivity index (χ2n) is 2.89. The summed E-state index contributed by atoms with van der Waals surface area (Å²) in [6, 6.07) is 9.17. The van der Waals surface area contributed by atoms with Crippen molar-refractivity contribution in [3.05, 3.63) is 35.9 Å². The molecular weight excluding hydrogens is 157 g/mol. The fraction of sp³-hybridized carbons (Fsp3) is 0.300. The van der Waals surface area contributed by atoms with E-state index in [2.05, 4.69) is 5.32 Å². The van der Waals surface area contributed by atoms with Gasteiger partial charge in [0.15, 0.2) is 0 Å². The van der Waals surface area contributed by atoms with Crippen LogP contribution >= 0.6 is 0 Å². The van der Waals surface area contributed by atoms with Crippen LogP contribution in [0.1, 0.15) is 24.2 Å². The molecule has 1 amide bonds. The molecule has 65 valence electrons. The van der Waals surface area contributed by atoms with Crippen molar-refractivity contribution >= 4 is 24.8 Å². The van der Waals surface area contributed by atoms with Crippen molar-refractivity contribution in [3.63, 3.8) is 0 Å². The van der Waals surface area contributed by atoms with E-state index in [0.29, 0.717) is 5.56 Å². The Bertz CT molecular complexity index is 259. The van der Waals surface area contributed by atoms with Crippen LogP contribution in [0, 0.1) is 0 Å². The van der Waals surface area contributed by atoms with Crippen LogP contribution in [0.25, 0.3) is 0 Å². The van der Waals surface area contributed by atoms with Gasteiger partial charge < -0.3 is 0 Å². The molecule has 0 bridgehead atoms. The van der Waals surface area contributed by atoms with Crippen molar-refractivity contribution in [1.82, 2.24) is 5.32 Å². The molecule has 0 fully saturated rings. The van der Waals surface area contributed by atoms with Crippen LogP contribution in [0.4, 0.5) is 0 Å². The maximum absolute atomic E-state index is 11.3. The van der Waals surface area contributed by atoms with E-state index >= 15 is 0 Å². The number of hydrogen-bond donors (Lipinski definition) is 0. The molecule has 0 N–H and O–H groups in total. The minimum absolute atomic E-state index is 0. The van der Waals surface area contributed by atoms with Crippen LogP contribution in [-0.4, -0.2) is 30.8 Å². The van der Waals surface area contributed by atoms with Crippen molar-refractivity contribution in [2.45, 2.75) is 19.9 Å². The number of hydrogen-bond acceptors (Lipinski definition) is 1. The monoisotopic (exact) mass is 170 g/mol. The average Bonchev–Trinajstić information content (AvgIpc) is 2.05. The summed E-state index contributed by atoms with van der Waals surface area (Å²) in [5.41, 5.74) is 0.659. The number of carbonyl (C=O) groups excluding carboxylic acids is 1. The van der Waals surface area contributed by atoms with E-state index < -0.39 is 0 Å². The van der Waals surface area contributed by atoms with Crippen molar-refractivity contribution in [2.75, 3.05) is 0 Å². The molecular formula is C10H13LiNO. The van der Waals surface area contributed by atoms with Crippen LogP contribution in [-0.2, 0) is 0 Å². The molecule has 0 saturated carbocycles. The quantitative estimate of drug-likeness (QED) is 0.613. The molecule has 3 heteroatoms. The third kappa shape index (κ3) is 4.17. The van der Waals surface area contributed by atoms with Gasteiger partial charge in [-0.1, -0.05) is 18.2 Å². The zero-order valence-electron chi connectivity index (χ0n) is 7.32. The van der Waals surface area contributed by atoms with E-state index in [9.17, 15) is 4.79 Å². The predicted molar refractivity (Wildman–Crippen MR) is 55.2 cm³/mol. The van der Waals surface area contributed by atoms with Crippen molar-refractivity contribution in [2.24, 2.45) is 0 Å². The molecule has 1 aromatic carbocycles. The molecule has 0 spiro atoms. The van der Waals surface area contributed by atoms with Crippen molar-refractivity contribution in [3.8, 4) is 0 Å². The molecule has 13 heavy (non-hydrogen) atoms. The Hall–Kier alpha value is -0.713. The van der Waals surface area contributed by atoms with Gasteiger partial charge in [-0.05, 0) is 26.0 Å². The first-order valence-corrected chi connectivity index (χ1v) is 4.00. The molecule has 0 aliphatic carbocycles. The van der Waals surface area contributed by atoms with Crippen LogP contribution in [0.3, 0.4) is 0 Å². The molecule has 2 nitrogen and oxygen atoms in total. The number of rotatable bonds is 2. The van der Waals surface area contributed by atoms with Gasteiger partial charge in [-0.2, -0.15) is 0 Å². The molecule has 0 saturated heterocycles. The van der Waals surface area contributed by atoms with E-state index in [1.165, 1.54) is 0 Å². The first-order valence-electron chi connectivity index (χ1n) is 4.00. The van der Waals surface area contributed by atoms with Gasteiger partial charge in [-0.3, -0.25) is 4.79 Å². The van der Waals surface area contributed by atoms with Gasteiger partial charge in [0.05, 0.1) is 0 Å². The molecule has 0 heterocycles. The Morgan fingerprint density at radius 2 is 1.77 bits per heavy atom. The molecule has 0 aromatic heterocycles. The van der Waals surface area contributed by atoms with Crippen LogP contribution in [0.2, 0.25) is 0 Å². The van der Waals surface area contributed by atoms with Gasteiger partial charge in [-0.15, -0.1) is 0 Å². The summed E-state index contributed by atoms with van der Waals surface area (Å²) in [6.45, 7) is 3.78. The van der Waals surface area contributed by atoms with E-state index in [-0.39, 0.29) is 30.8 Å². The van der Waals surface area contributed by atoms with Gasteiger partial charge in [0.2, 0.25) is 0 Å². The maximum atomic E-state index is 11.3. The van der Waals surface area contributed by atoms with E-state index in [4.69, 9.17) is 0 Å². The van der Waals surface area contributed by atoms with Gasteiger partial charge in [0.1, 0.15) is 0 Å². The summed E-state index contributed by atoms with van der Waals surface area (Å²) in [5, 5.41) is 3.91. The molecule has 1 rings (SSSR count). The fourth-order valence-electron chi connectivity index (χ4n) is 0.890. The Morgan fingerprint density at radius 1 is 1.23 bits per heavy atom. The van der Waals surface area contributed by atoms with E-state index in [1.807, 2.05) is 32.0 Å². The summed E-state index contributed by atoms with van der Waals surface area (Å²) in [7, 11) is 0. The zero-order valence-corrected chi connectivity index (χ0v) is 7.32. The minimum atomic E-state index is -0.134. The average molecular weight is 170 g/mol. The van der Waals surface area contributed by atoms with Gasteiger partial charge in [0.25, 0.3) is 5.91 Å². The van der Waals surface area contributed by atoms with Crippen LogP contribution < -0.4 is 5.32 Å². The first-order chi connectivity index (χ1) is 5.70. The Kier molecular flexibility index (Phi) is 5.53. The summed E-state index contributed by atoms with van der Waals surface area (Å²) >= 11 is 0. The Balaban J connectivity index is 0.00000144. The molecule has 1 aromatic rings. The second kappa shape index (κ2) is 5.85. The van der Waals surface area contributed by atoms with Crippen molar-refractivity contribution in [1.29, 1.82) is 0 Å². The van der Waals surface area contributed by atoms with Gasteiger partial charge in [-0.25, -0.2) is 5.32 Å². The molecule has 0 aliphatic heterocycles. The topological polar surface area (TPSA) is 31.2 Å². The Labute approximate surface area is 90.9 Å². The van der Waals surface area contributed by atoms with Crippen LogP contribution in [0.15, 0.2) is 30.3 Å². The summed E-state index contributed by atoms with van der Waals surface area (Å²) in [5.74, 6) is -0.134. The summed E-state index contributed by atoms with van der Waals surface area (Å²) < 4.78 is 0. The summed E-state index contributed by atoms with van der Waals surface area (Å²) in [6.07, 6.45) is 0. The van der Waals surface area contributed by atoms with E-state index in [0.717, 1.165) is 0 Å². The van der Waals surface area contributed by atoms with Crippen molar-refractivity contribution < 1.29 is 4.79 Å². The number of nitrogens with zero attached hydrogens (tertiary/aromatic N) is 1. The number of carbonyl (C=O) groups is 1. The SMILES string of the molecule is CC(C)[N]C(=O)c1ccccc1.[LiH]. The van der Waals surface area contributed by atoms with Gasteiger partial charge in [0, 0.05) is 11.6 Å². The standard InChI is InChI=1S/C10H12NO.Li.H/c1-8(2)11-10(12)9-6-4-3-5-7-9;;/h3-8H,1-2H3;;. The van der Waals surface area contributed by atoms with Crippen LogP contribution in [0.5, 0.6) is 0 Å². The molecule has 0 atom stereocenters. The Morgan fingerprint density at radius 3 is 2.23 bits per heavy atom. The molecule has 0 unspecified atom stereocenters. The first kappa shape index (κ1) is 12.3. The zero-order chi connectivity index (χ0) is 8.97. The normalized spacial score (nSPS) is 9.15. The second-order valence-corrected chi connectivity index (χ2v) is 2.89. The van der Waals surface area contributed by atoms with Gasteiger partial charge >= 0.3 is 18.9 Å². The third-order valence-corrected chi connectivity index (χ3v) is 1.40. The summed E-state index contributed by atoms with van der Waals surface area (Å²) in [4.78, 5) is 11.3. The predicted octanol–water partition coefficient (Wildman–Crippen LogP) is 1.19. The molecule has 1 radical (unpaired) electrons. The third-order valence-electron chi connectivity index (χ3n) is 1.40. The molecule has 0 aliphatic rings. The number of amides is 1. The number of benzene rings is 1. The fourth-order valence-corrected chi connectivity index (χ4v) is 0.890.